The minimum absolute atomic E-state index is 0.0907. The first-order valence-corrected chi connectivity index (χ1v) is 10.7. The molecule has 2 aromatic rings. The Morgan fingerprint density at radius 1 is 1.14 bits per heavy atom. The summed E-state index contributed by atoms with van der Waals surface area (Å²) >= 11 is 0. The molecule has 0 saturated heterocycles. The number of nitrogens with two attached hydrogens (primary N) is 1. The van der Waals surface area contributed by atoms with E-state index in [-0.39, 0.29) is 4.90 Å². The van der Waals surface area contributed by atoms with Gasteiger partial charge in [-0.2, -0.15) is 0 Å². The van der Waals surface area contributed by atoms with Crippen LogP contribution in [0, 0.1) is 0 Å². The molecule has 0 atom stereocenters. The summed E-state index contributed by atoms with van der Waals surface area (Å²) in [5.74, 6) is 1.58. The van der Waals surface area contributed by atoms with Gasteiger partial charge in [0.05, 0.1) is 18.0 Å². The monoisotopic (exact) mass is 404 g/mol. The molecule has 0 radical (unpaired) electrons. The van der Waals surface area contributed by atoms with Crippen LogP contribution in [0.15, 0.2) is 58.4 Å². The molecule has 0 saturated carbocycles. The van der Waals surface area contributed by atoms with E-state index in [9.17, 15) is 8.42 Å². The second kappa shape index (κ2) is 10.1. The van der Waals surface area contributed by atoms with Gasteiger partial charge in [-0.25, -0.2) is 18.5 Å². The second-order valence-electron chi connectivity index (χ2n) is 6.30. The first-order chi connectivity index (χ1) is 13.3. The molecule has 0 heterocycles. The Kier molecular flexibility index (Phi) is 7.83. The fourth-order valence-corrected chi connectivity index (χ4v) is 3.25. The van der Waals surface area contributed by atoms with Gasteiger partial charge < -0.3 is 15.0 Å². The first-order valence-electron chi connectivity index (χ1n) is 9.16. The average Bonchev–Trinajstić information content (AvgIpc) is 2.66. The van der Waals surface area contributed by atoms with Crippen molar-refractivity contribution >= 4 is 16.0 Å². The lowest BCUT2D eigenvalue weighted by Gasteiger charge is -2.22. The molecule has 0 unspecified atom stereocenters. The molecule has 0 aromatic heterocycles. The summed E-state index contributed by atoms with van der Waals surface area (Å²) in [7, 11) is -1.77. The number of nitrogens with zero attached hydrogens (tertiary/aromatic N) is 2. The molecule has 0 spiro atoms. The van der Waals surface area contributed by atoms with Crippen LogP contribution in [0.5, 0.6) is 5.75 Å². The molecule has 0 bridgehead atoms. The lowest BCUT2D eigenvalue weighted by molar-refractivity contribution is 0.340. The van der Waals surface area contributed by atoms with E-state index in [2.05, 4.69) is 10.3 Å². The van der Waals surface area contributed by atoms with Crippen LogP contribution in [0.2, 0.25) is 0 Å². The number of aliphatic imine (C=N–C) groups is 1. The van der Waals surface area contributed by atoms with Crippen molar-refractivity contribution in [2.45, 2.75) is 31.8 Å². The quantitative estimate of drug-likeness (QED) is 0.520. The zero-order chi connectivity index (χ0) is 20.6. The lowest BCUT2D eigenvalue weighted by atomic mass is 10.2. The maximum Gasteiger partial charge on any atom is 0.238 e. The molecule has 28 heavy (non-hydrogen) atoms. The summed E-state index contributed by atoms with van der Waals surface area (Å²) in [6, 6.07) is 14.5. The predicted octanol–water partition coefficient (Wildman–Crippen LogP) is 2.33. The number of benzene rings is 2. The predicted molar refractivity (Wildman–Crippen MR) is 112 cm³/mol. The van der Waals surface area contributed by atoms with Gasteiger partial charge in [0.2, 0.25) is 10.0 Å². The molecule has 3 N–H and O–H groups in total. The van der Waals surface area contributed by atoms with Crippen LogP contribution in [0.25, 0.3) is 0 Å². The number of primary sulfonamides is 1. The lowest BCUT2D eigenvalue weighted by Crippen LogP contribution is -2.38. The van der Waals surface area contributed by atoms with Crippen LogP contribution in [-0.4, -0.2) is 39.5 Å². The number of hydrogen-bond donors (Lipinski definition) is 2. The Balaban J connectivity index is 2.10. The van der Waals surface area contributed by atoms with Crippen LogP contribution in [0.4, 0.5) is 0 Å². The molecule has 0 aliphatic rings. The summed E-state index contributed by atoms with van der Waals surface area (Å²) in [5.41, 5.74) is 1.91. The summed E-state index contributed by atoms with van der Waals surface area (Å²) < 4.78 is 28.5. The minimum atomic E-state index is -3.72. The highest BCUT2D eigenvalue weighted by atomic mass is 32.2. The number of rotatable bonds is 8. The van der Waals surface area contributed by atoms with Crippen molar-refractivity contribution < 1.29 is 13.2 Å². The van der Waals surface area contributed by atoms with E-state index in [1.54, 1.807) is 12.1 Å². The van der Waals surface area contributed by atoms with Gasteiger partial charge in [-0.3, -0.25) is 0 Å². The van der Waals surface area contributed by atoms with Crippen molar-refractivity contribution in [3.05, 3.63) is 59.7 Å². The highest BCUT2D eigenvalue weighted by Crippen LogP contribution is 2.14. The highest BCUT2D eigenvalue weighted by Gasteiger charge is 2.09. The molecule has 0 aliphatic carbocycles. The van der Waals surface area contributed by atoms with Crippen molar-refractivity contribution in [3.8, 4) is 5.75 Å². The van der Waals surface area contributed by atoms with E-state index < -0.39 is 10.0 Å². The molecule has 0 aliphatic heterocycles. The van der Waals surface area contributed by atoms with E-state index in [0.717, 1.165) is 29.4 Å². The van der Waals surface area contributed by atoms with Crippen molar-refractivity contribution in [2.24, 2.45) is 10.1 Å². The Bertz CT molecular complexity index is 896. The van der Waals surface area contributed by atoms with E-state index in [0.29, 0.717) is 19.7 Å². The summed E-state index contributed by atoms with van der Waals surface area (Å²) in [6.45, 7) is 6.35. The topological polar surface area (TPSA) is 97.0 Å². The Hall–Kier alpha value is -2.58. The van der Waals surface area contributed by atoms with Gasteiger partial charge >= 0.3 is 0 Å². The second-order valence-corrected chi connectivity index (χ2v) is 7.86. The largest absolute Gasteiger partial charge is 0.494 e. The van der Waals surface area contributed by atoms with Gasteiger partial charge in [-0.05, 0) is 49.2 Å². The standard InChI is InChI=1S/C20H28N4O3S/c1-4-22-20(23-14-17-7-6-8-19(13-17)28(21,25)26)24(3)15-16-9-11-18(12-10-16)27-5-2/h6-13H,4-5,14-15H2,1-3H3,(H,22,23)(H2,21,25,26). The normalized spacial score (nSPS) is 11.9. The van der Waals surface area contributed by atoms with Gasteiger partial charge in [-0.1, -0.05) is 24.3 Å². The van der Waals surface area contributed by atoms with Gasteiger partial charge in [-0.15, -0.1) is 0 Å². The average molecular weight is 405 g/mol. The van der Waals surface area contributed by atoms with E-state index in [1.165, 1.54) is 6.07 Å². The number of guanidine groups is 1. The molecule has 0 amide bonds. The third-order valence-corrected chi connectivity index (χ3v) is 4.90. The Morgan fingerprint density at radius 3 is 2.46 bits per heavy atom. The zero-order valence-electron chi connectivity index (χ0n) is 16.6. The summed E-state index contributed by atoms with van der Waals surface area (Å²) in [6.07, 6.45) is 0. The number of nitrogens with one attached hydrogen (secondary N) is 1. The number of hydrogen-bond acceptors (Lipinski definition) is 4. The maximum atomic E-state index is 11.5. The highest BCUT2D eigenvalue weighted by molar-refractivity contribution is 7.89. The van der Waals surface area contributed by atoms with Gasteiger partial charge in [0.15, 0.2) is 5.96 Å². The molecule has 2 rings (SSSR count). The van der Waals surface area contributed by atoms with Crippen LogP contribution in [0.3, 0.4) is 0 Å². The molecule has 2 aromatic carbocycles. The molecule has 8 heteroatoms. The minimum Gasteiger partial charge on any atom is -0.494 e. The fourth-order valence-electron chi connectivity index (χ4n) is 2.66. The third-order valence-electron chi connectivity index (χ3n) is 3.99. The van der Waals surface area contributed by atoms with E-state index in [1.807, 2.05) is 56.1 Å². The Morgan fingerprint density at radius 2 is 1.86 bits per heavy atom. The summed E-state index contributed by atoms with van der Waals surface area (Å²) in [5, 5.41) is 8.46. The number of sulfonamides is 1. The van der Waals surface area contributed by atoms with E-state index in [4.69, 9.17) is 9.88 Å². The van der Waals surface area contributed by atoms with Crippen molar-refractivity contribution in [3.63, 3.8) is 0 Å². The maximum absolute atomic E-state index is 11.5. The van der Waals surface area contributed by atoms with Gasteiger partial charge in [0, 0.05) is 20.1 Å². The fraction of sp³-hybridized carbons (Fsp3) is 0.350. The van der Waals surface area contributed by atoms with Crippen LogP contribution < -0.4 is 15.2 Å². The molecular formula is C20H28N4O3S. The van der Waals surface area contributed by atoms with Crippen molar-refractivity contribution in [1.29, 1.82) is 0 Å². The third kappa shape index (κ3) is 6.54. The molecule has 0 fully saturated rings. The van der Waals surface area contributed by atoms with E-state index >= 15 is 0 Å². The first kappa shape index (κ1) is 21.7. The SMILES string of the molecule is CCNC(=NCc1cccc(S(N)(=O)=O)c1)N(C)Cc1ccc(OCC)cc1. The van der Waals surface area contributed by atoms with Crippen LogP contribution in [-0.2, 0) is 23.1 Å². The van der Waals surface area contributed by atoms with Crippen molar-refractivity contribution in [2.75, 3.05) is 20.2 Å². The molecule has 7 nitrogen and oxygen atoms in total. The van der Waals surface area contributed by atoms with Gasteiger partial charge in [0.25, 0.3) is 0 Å². The molecule has 152 valence electrons. The zero-order valence-corrected chi connectivity index (χ0v) is 17.4. The Labute approximate surface area is 167 Å². The van der Waals surface area contributed by atoms with Crippen LogP contribution in [0.1, 0.15) is 25.0 Å². The van der Waals surface area contributed by atoms with Crippen molar-refractivity contribution in [1.82, 2.24) is 10.2 Å². The number of ether oxygens (including phenoxy) is 1. The van der Waals surface area contributed by atoms with Crippen LogP contribution >= 0.6 is 0 Å². The smallest absolute Gasteiger partial charge is 0.238 e. The van der Waals surface area contributed by atoms with Gasteiger partial charge in [0.1, 0.15) is 5.75 Å². The molecular weight excluding hydrogens is 376 g/mol. The summed E-state index contributed by atoms with van der Waals surface area (Å²) in [4.78, 5) is 6.73.